The quantitative estimate of drug-likeness (QED) is 0.305. The normalized spacial score (nSPS) is 15.7. The number of aliphatic hydroxyl groups excluding tert-OH is 1. The summed E-state index contributed by atoms with van der Waals surface area (Å²) in [6.45, 7) is 4.84. The largest absolute Gasteiger partial charge is 0.481 e. The van der Waals surface area contributed by atoms with Crippen molar-refractivity contribution in [1.29, 1.82) is 0 Å². The number of nitrogens with zero attached hydrogens (tertiary/aromatic N) is 3. The van der Waals surface area contributed by atoms with Crippen molar-refractivity contribution in [2.24, 2.45) is 0 Å². The van der Waals surface area contributed by atoms with Crippen LogP contribution >= 0.6 is 11.3 Å². The SMILES string of the molecule is O=C(O)Cc1csc(NC(O)CN2CCN(CCCC(c3ccc(F)cc3)c3ccc(F)cc3)CC2)n1. The Morgan fingerprint density at radius 1 is 0.973 bits per heavy atom. The van der Waals surface area contributed by atoms with Crippen LogP contribution in [0.4, 0.5) is 13.9 Å². The Morgan fingerprint density at radius 2 is 1.54 bits per heavy atom. The molecule has 7 nitrogen and oxygen atoms in total. The topological polar surface area (TPSA) is 88.9 Å². The lowest BCUT2D eigenvalue weighted by molar-refractivity contribution is -0.136. The van der Waals surface area contributed by atoms with Crippen molar-refractivity contribution in [2.75, 3.05) is 44.6 Å². The molecule has 3 aromatic rings. The fourth-order valence-electron chi connectivity index (χ4n) is 4.67. The third-order valence-corrected chi connectivity index (χ3v) is 7.40. The molecule has 10 heteroatoms. The molecule has 2 aromatic carbocycles. The maximum absolute atomic E-state index is 13.5. The molecule has 1 aliphatic heterocycles. The molecule has 0 saturated carbocycles. The van der Waals surface area contributed by atoms with E-state index in [1.807, 2.05) is 0 Å². The number of aromatic nitrogens is 1. The molecule has 3 N–H and O–H groups in total. The number of halogens is 2. The lowest BCUT2D eigenvalue weighted by Crippen LogP contribution is -2.49. The average Bonchev–Trinajstić information content (AvgIpc) is 3.30. The molecule has 1 unspecified atom stereocenters. The van der Waals surface area contributed by atoms with Gasteiger partial charge in [0.25, 0.3) is 0 Å². The van der Waals surface area contributed by atoms with Gasteiger partial charge in [-0.2, -0.15) is 0 Å². The minimum Gasteiger partial charge on any atom is -0.481 e. The average molecular weight is 531 g/mol. The molecule has 37 heavy (non-hydrogen) atoms. The van der Waals surface area contributed by atoms with E-state index in [-0.39, 0.29) is 24.0 Å². The number of carboxylic acids is 1. The van der Waals surface area contributed by atoms with Crippen LogP contribution in [0.1, 0.15) is 35.6 Å². The van der Waals surface area contributed by atoms with Gasteiger partial charge < -0.3 is 20.4 Å². The number of rotatable bonds is 12. The smallest absolute Gasteiger partial charge is 0.309 e. The first kappa shape index (κ1) is 27.1. The summed E-state index contributed by atoms with van der Waals surface area (Å²) in [5.41, 5.74) is 2.52. The van der Waals surface area contributed by atoms with Gasteiger partial charge in [0.05, 0.1) is 12.1 Å². The van der Waals surface area contributed by atoms with Crippen LogP contribution in [0.25, 0.3) is 0 Å². The number of piperazine rings is 1. The first-order valence-electron chi connectivity index (χ1n) is 12.4. The number of aliphatic hydroxyl groups is 1. The number of carboxylic acid groups (broad SMARTS) is 1. The Morgan fingerprint density at radius 3 is 2.11 bits per heavy atom. The highest BCUT2D eigenvalue weighted by atomic mass is 32.1. The standard InChI is InChI=1S/C27H32F2N4O3S/c28-21-7-3-19(4-8-21)24(20-5-9-22(29)10-6-20)2-1-11-32-12-14-33(15-13-32)17-25(34)31-27-30-23(18-37-27)16-26(35)36/h3-10,18,24-25,34H,1-2,11-17H2,(H,30,31)(H,35,36). The van der Waals surface area contributed by atoms with E-state index in [2.05, 4.69) is 20.1 Å². The van der Waals surface area contributed by atoms with E-state index in [0.717, 1.165) is 56.7 Å². The molecular formula is C27H32F2N4O3S. The van der Waals surface area contributed by atoms with Crippen LogP contribution in [-0.4, -0.2) is 76.5 Å². The van der Waals surface area contributed by atoms with Crippen molar-refractivity contribution >= 4 is 22.4 Å². The number of benzene rings is 2. The Labute approximate surface area is 219 Å². The number of β-amino-alcohol motifs (C(OH)–C–C–N with tert-alkyl or cyclic N) is 1. The number of anilines is 1. The molecule has 1 aliphatic rings. The van der Waals surface area contributed by atoms with E-state index in [0.29, 0.717) is 17.4 Å². The number of carbonyl (C=O) groups is 1. The lowest BCUT2D eigenvalue weighted by Gasteiger charge is -2.35. The summed E-state index contributed by atoms with van der Waals surface area (Å²) in [7, 11) is 0. The summed E-state index contributed by atoms with van der Waals surface area (Å²) in [6, 6.07) is 13.1. The third kappa shape index (κ3) is 8.29. The fourth-order valence-corrected chi connectivity index (χ4v) is 5.43. The maximum Gasteiger partial charge on any atom is 0.309 e. The lowest BCUT2D eigenvalue weighted by atomic mass is 9.87. The van der Waals surface area contributed by atoms with E-state index in [4.69, 9.17) is 5.11 Å². The van der Waals surface area contributed by atoms with E-state index in [1.165, 1.54) is 35.6 Å². The van der Waals surface area contributed by atoms with Crippen molar-refractivity contribution in [3.8, 4) is 0 Å². The predicted molar refractivity (Wildman–Crippen MR) is 140 cm³/mol. The van der Waals surface area contributed by atoms with E-state index in [1.54, 1.807) is 29.6 Å². The predicted octanol–water partition coefficient (Wildman–Crippen LogP) is 4.01. The molecule has 198 valence electrons. The van der Waals surface area contributed by atoms with Gasteiger partial charge in [-0.1, -0.05) is 24.3 Å². The first-order chi connectivity index (χ1) is 17.9. The molecule has 0 aliphatic carbocycles. The summed E-state index contributed by atoms with van der Waals surface area (Å²) in [5, 5.41) is 24.4. The molecule has 4 rings (SSSR count). The molecule has 1 saturated heterocycles. The minimum atomic E-state index is -0.934. The summed E-state index contributed by atoms with van der Waals surface area (Å²) >= 11 is 1.28. The van der Waals surface area contributed by atoms with Crippen LogP contribution in [0.5, 0.6) is 0 Å². The second kappa shape index (κ2) is 13.0. The zero-order valence-electron chi connectivity index (χ0n) is 20.5. The zero-order chi connectivity index (χ0) is 26.2. The number of nitrogens with one attached hydrogen (secondary N) is 1. The third-order valence-electron chi connectivity index (χ3n) is 6.58. The van der Waals surface area contributed by atoms with Crippen molar-refractivity contribution in [3.63, 3.8) is 0 Å². The highest BCUT2D eigenvalue weighted by Gasteiger charge is 2.21. The van der Waals surface area contributed by atoms with Gasteiger partial charge in [-0.15, -0.1) is 11.3 Å². The van der Waals surface area contributed by atoms with Crippen LogP contribution in [0, 0.1) is 11.6 Å². The molecular weight excluding hydrogens is 498 g/mol. The summed E-state index contributed by atoms with van der Waals surface area (Å²) in [4.78, 5) is 19.6. The monoisotopic (exact) mass is 530 g/mol. The minimum absolute atomic E-state index is 0.0746. The second-order valence-electron chi connectivity index (χ2n) is 9.31. The van der Waals surface area contributed by atoms with Gasteiger partial charge in [0, 0.05) is 44.0 Å². The van der Waals surface area contributed by atoms with E-state index >= 15 is 0 Å². The number of hydrogen-bond donors (Lipinski definition) is 3. The first-order valence-corrected chi connectivity index (χ1v) is 13.3. The van der Waals surface area contributed by atoms with Gasteiger partial charge in [0.15, 0.2) is 5.13 Å². The molecule has 0 amide bonds. The molecule has 0 bridgehead atoms. The molecule has 0 radical (unpaired) electrons. The number of thiazole rings is 1. The van der Waals surface area contributed by atoms with Gasteiger partial charge in [-0.05, 0) is 54.8 Å². The zero-order valence-corrected chi connectivity index (χ0v) is 21.3. The molecule has 1 fully saturated rings. The summed E-state index contributed by atoms with van der Waals surface area (Å²) in [6.07, 6.45) is 0.900. The van der Waals surface area contributed by atoms with Gasteiger partial charge in [-0.3, -0.25) is 9.69 Å². The Hall–Kier alpha value is -2.92. The van der Waals surface area contributed by atoms with Gasteiger partial charge in [0.1, 0.15) is 17.9 Å². The van der Waals surface area contributed by atoms with Crippen molar-refractivity contribution < 1.29 is 23.8 Å². The summed E-state index contributed by atoms with van der Waals surface area (Å²) in [5.74, 6) is -1.40. The second-order valence-corrected chi connectivity index (χ2v) is 10.2. The molecule has 1 aromatic heterocycles. The molecule has 1 atom stereocenters. The Kier molecular flexibility index (Phi) is 9.56. The fraction of sp³-hybridized carbons (Fsp3) is 0.407. The van der Waals surface area contributed by atoms with E-state index < -0.39 is 12.2 Å². The number of hydrogen-bond acceptors (Lipinski definition) is 7. The van der Waals surface area contributed by atoms with Crippen LogP contribution in [0.2, 0.25) is 0 Å². The molecule has 2 heterocycles. The van der Waals surface area contributed by atoms with Crippen molar-refractivity contribution in [3.05, 3.63) is 82.4 Å². The highest BCUT2D eigenvalue weighted by Crippen LogP contribution is 2.30. The van der Waals surface area contributed by atoms with Crippen LogP contribution in [-0.2, 0) is 11.2 Å². The van der Waals surface area contributed by atoms with Gasteiger partial charge in [0.2, 0.25) is 0 Å². The van der Waals surface area contributed by atoms with Gasteiger partial charge >= 0.3 is 5.97 Å². The number of aliphatic carboxylic acids is 1. The van der Waals surface area contributed by atoms with Crippen LogP contribution in [0.3, 0.4) is 0 Å². The van der Waals surface area contributed by atoms with Crippen molar-refractivity contribution in [2.45, 2.75) is 31.4 Å². The Bertz CT molecular complexity index is 1090. The Balaban J connectivity index is 1.21. The van der Waals surface area contributed by atoms with Gasteiger partial charge in [-0.25, -0.2) is 13.8 Å². The van der Waals surface area contributed by atoms with Crippen LogP contribution in [0.15, 0.2) is 53.9 Å². The molecule has 0 spiro atoms. The summed E-state index contributed by atoms with van der Waals surface area (Å²) < 4.78 is 26.9. The van der Waals surface area contributed by atoms with Crippen LogP contribution < -0.4 is 5.32 Å². The highest BCUT2D eigenvalue weighted by molar-refractivity contribution is 7.13. The maximum atomic E-state index is 13.5. The van der Waals surface area contributed by atoms with Crippen molar-refractivity contribution in [1.82, 2.24) is 14.8 Å². The van der Waals surface area contributed by atoms with E-state index in [9.17, 15) is 18.7 Å².